The minimum atomic E-state index is 0.00510. The quantitative estimate of drug-likeness (QED) is 0.760. The summed E-state index contributed by atoms with van der Waals surface area (Å²) in [6, 6.07) is 16.5. The Labute approximate surface area is 174 Å². The van der Waals surface area contributed by atoms with Crippen LogP contribution in [0.5, 0.6) is 0 Å². The van der Waals surface area contributed by atoms with Gasteiger partial charge in [-0.1, -0.05) is 48.0 Å². The number of hydrogen-bond acceptors (Lipinski definition) is 3. The molecular formula is C25H31N3O. The molecule has 2 aliphatic rings. The van der Waals surface area contributed by atoms with E-state index >= 15 is 0 Å². The third-order valence-electron chi connectivity index (χ3n) is 5.95. The molecule has 29 heavy (non-hydrogen) atoms. The summed E-state index contributed by atoms with van der Waals surface area (Å²) in [7, 11) is 0. The molecule has 4 rings (SSSR count). The highest BCUT2D eigenvalue weighted by molar-refractivity contribution is 5.81. The third-order valence-corrected chi connectivity index (χ3v) is 5.95. The molecule has 1 amide bonds. The van der Waals surface area contributed by atoms with Crippen molar-refractivity contribution >= 4 is 12.0 Å². The van der Waals surface area contributed by atoms with Crippen molar-refractivity contribution in [2.24, 2.45) is 11.8 Å². The summed E-state index contributed by atoms with van der Waals surface area (Å²) in [5, 5.41) is 3.34. The summed E-state index contributed by atoms with van der Waals surface area (Å²) in [5.74, 6) is 0.820. The van der Waals surface area contributed by atoms with Crippen LogP contribution in [-0.2, 0) is 4.79 Å². The maximum atomic E-state index is 12.5. The van der Waals surface area contributed by atoms with Crippen molar-refractivity contribution in [3.8, 4) is 0 Å². The van der Waals surface area contributed by atoms with Gasteiger partial charge in [0.05, 0.1) is 11.7 Å². The van der Waals surface area contributed by atoms with Gasteiger partial charge in [-0.3, -0.25) is 14.7 Å². The van der Waals surface area contributed by atoms with Gasteiger partial charge in [0.2, 0.25) is 5.91 Å². The molecule has 1 aliphatic carbocycles. The van der Waals surface area contributed by atoms with Crippen LogP contribution in [0.3, 0.4) is 0 Å². The van der Waals surface area contributed by atoms with Gasteiger partial charge in [0.15, 0.2) is 0 Å². The normalized spacial score (nSPS) is 21.6. The lowest BCUT2D eigenvalue weighted by atomic mass is 9.88. The van der Waals surface area contributed by atoms with Crippen LogP contribution in [0, 0.1) is 11.8 Å². The molecule has 4 heteroatoms. The number of rotatable bonds is 7. The molecule has 0 bridgehead atoms. The van der Waals surface area contributed by atoms with Crippen molar-refractivity contribution in [3.63, 3.8) is 0 Å². The molecule has 2 atom stereocenters. The summed E-state index contributed by atoms with van der Waals surface area (Å²) < 4.78 is 0. The Kier molecular flexibility index (Phi) is 6.40. The first-order valence-electron chi connectivity index (χ1n) is 10.8. The molecule has 4 nitrogen and oxygen atoms in total. The largest absolute Gasteiger partial charge is 0.347 e. The number of nitrogens with zero attached hydrogens (tertiary/aromatic N) is 2. The molecule has 1 N–H and O–H groups in total. The fourth-order valence-electron chi connectivity index (χ4n) is 4.35. The predicted molar refractivity (Wildman–Crippen MR) is 117 cm³/mol. The van der Waals surface area contributed by atoms with Gasteiger partial charge in [0.25, 0.3) is 0 Å². The number of amides is 1. The highest BCUT2D eigenvalue weighted by Gasteiger charge is 2.35. The van der Waals surface area contributed by atoms with E-state index in [-0.39, 0.29) is 17.9 Å². The lowest BCUT2D eigenvalue weighted by molar-refractivity contribution is -0.123. The zero-order valence-electron chi connectivity index (χ0n) is 17.3. The maximum Gasteiger partial charge on any atom is 0.223 e. The second-order valence-corrected chi connectivity index (χ2v) is 8.55. The average molecular weight is 390 g/mol. The minimum Gasteiger partial charge on any atom is -0.347 e. The average Bonchev–Trinajstić information content (AvgIpc) is 3.59. The molecule has 1 aliphatic heterocycles. The molecular weight excluding hydrogens is 358 g/mol. The van der Waals surface area contributed by atoms with Crippen molar-refractivity contribution in [3.05, 3.63) is 71.6 Å². The van der Waals surface area contributed by atoms with E-state index in [1.165, 1.54) is 11.1 Å². The fraction of sp³-hybridized carbons (Fsp3) is 0.440. The van der Waals surface area contributed by atoms with Gasteiger partial charge in [0.1, 0.15) is 0 Å². The van der Waals surface area contributed by atoms with Gasteiger partial charge >= 0.3 is 0 Å². The van der Waals surface area contributed by atoms with Crippen LogP contribution >= 0.6 is 0 Å². The molecule has 1 saturated carbocycles. The molecule has 2 aromatic rings. The Morgan fingerprint density at radius 1 is 1.17 bits per heavy atom. The van der Waals surface area contributed by atoms with E-state index in [0.29, 0.717) is 5.92 Å². The highest BCUT2D eigenvalue weighted by atomic mass is 16.2. The topological polar surface area (TPSA) is 45.2 Å². The lowest BCUT2D eigenvalue weighted by Gasteiger charge is -2.37. The molecule has 152 valence electrons. The minimum absolute atomic E-state index is 0.00510. The molecule has 2 fully saturated rings. The Morgan fingerprint density at radius 3 is 2.69 bits per heavy atom. The molecule has 0 spiro atoms. The summed E-state index contributed by atoms with van der Waals surface area (Å²) in [6.07, 6.45) is 8.45. The summed E-state index contributed by atoms with van der Waals surface area (Å²) >= 11 is 0. The van der Waals surface area contributed by atoms with Crippen molar-refractivity contribution in [2.75, 3.05) is 19.6 Å². The first kappa shape index (κ1) is 19.8. The summed E-state index contributed by atoms with van der Waals surface area (Å²) in [4.78, 5) is 19.6. The van der Waals surface area contributed by atoms with E-state index in [4.69, 9.17) is 0 Å². The van der Waals surface area contributed by atoms with Crippen molar-refractivity contribution < 1.29 is 4.79 Å². The number of likely N-dealkylation sites (tertiary alicyclic amines) is 1. The van der Waals surface area contributed by atoms with Gasteiger partial charge < -0.3 is 5.32 Å². The van der Waals surface area contributed by atoms with E-state index < -0.39 is 0 Å². The number of nitrogens with one attached hydrogen (secondary N) is 1. The van der Waals surface area contributed by atoms with Gasteiger partial charge in [-0.2, -0.15) is 0 Å². The maximum absolute atomic E-state index is 12.5. The smallest absolute Gasteiger partial charge is 0.223 e. The van der Waals surface area contributed by atoms with Crippen LogP contribution in [0.2, 0.25) is 0 Å². The van der Waals surface area contributed by atoms with Crippen LogP contribution in [0.1, 0.15) is 49.9 Å². The molecule has 0 radical (unpaired) electrons. The Morgan fingerprint density at radius 2 is 1.97 bits per heavy atom. The Balaban J connectivity index is 1.44. The number of hydrogen-bond donors (Lipinski definition) is 1. The predicted octanol–water partition coefficient (Wildman–Crippen LogP) is 4.46. The third kappa shape index (κ3) is 5.54. The monoisotopic (exact) mass is 389 g/mol. The molecule has 0 unspecified atom stereocenters. The number of piperidine rings is 1. The van der Waals surface area contributed by atoms with E-state index in [0.717, 1.165) is 51.0 Å². The number of carbonyl (C=O) groups is 1. The zero-order chi connectivity index (χ0) is 20.1. The second kappa shape index (κ2) is 9.36. The van der Waals surface area contributed by atoms with Crippen molar-refractivity contribution in [1.29, 1.82) is 0 Å². The van der Waals surface area contributed by atoms with Crippen LogP contribution < -0.4 is 5.32 Å². The first-order chi connectivity index (χ1) is 14.2. The standard InChI is InChI=1S/C25H31N3O/c1-19(16-20-8-3-2-4-9-20)17-28-15-7-10-22(18-28)24(23-11-5-6-14-26-23)27-25(29)21-12-13-21/h2-6,8-9,11,14,16,21-22,24H,7,10,12-13,15,17-18H2,1H3,(H,27,29)/b19-16+/t22-,24-/m0/s1. The summed E-state index contributed by atoms with van der Waals surface area (Å²) in [6.45, 7) is 5.28. The summed E-state index contributed by atoms with van der Waals surface area (Å²) in [5.41, 5.74) is 3.61. The number of pyridine rings is 1. The van der Waals surface area contributed by atoms with Gasteiger partial charge in [-0.25, -0.2) is 0 Å². The fourth-order valence-corrected chi connectivity index (χ4v) is 4.35. The van der Waals surface area contributed by atoms with Crippen LogP contribution in [-0.4, -0.2) is 35.4 Å². The van der Waals surface area contributed by atoms with E-state index in [1.807, 2.05) is 18.3 Å². The molecule has 1 aromatic carbocycles. The Bertz CT molecular complexity index is 830. The van der Waals surface area contributed by atoms with E-state index in [2.05, 4.69) is 64.6 Å². The van der Waals surface area contributed by atoms with Crippen LogP contribution in [0.15, 0.2) is 60.3 Å². The molecule has 2 heterocycles. The van der Waals surface area contributed by atoms with Gasteiger partial charge in [-0.15, -0.1) is 0 Å². The Hall–Kier alpha value is -2.46. The van der Waals surface area contributed by atoms with E-state index in [1.54, 1.807) is 0 Å². The SMILES string of the molecule is C/C(=C\c1ccccc1)CN1CCC[C@H]([C@H](NC(=O)C2CC2)c2ccccn2)C1. The van der Waals surface area contributed by atoms with Crippen molar-refractivity contribution in [2.45, 2.75) is 38.6 Å². The number of carbonyl (C=O) groups excluding carboxylic acids is 1. The molecule has 1 saturated heterocycles. The molecule has 1 aromatic heterocycles. The van der Waals surface area contributed by atoms with E-state index in [9.17, 15) is 4.79 Å². The lowest BCUT2D eigenvalue weighted by Crippen LogP contribution is -2.44. The highest BCUT2D eigenvalue weighted by Crippen LogP contribution is 2.33. The first-order valence-corrected chi connectivity index (χ1v) is 10.8. The van der Waals surface area contributed by atoms with Gasteiger partial charge in [0, 0.05) is 25.2 Å². The van der Waals surface area contributed by atoms with Crippen LogP contribution in [0.4, 0.5) is 0 Å². The number of aromatic nitrogens is 1. The number of benzene rings is 1. The zero-order valence-corrected chi connectivity index (χ0v) is 17.3. The van der Waals surface area contributed by atoms with Gasteiger partial charge in [-0.05, 0) is 62.8 Å². The second-order valence-electron chi connectivity index (χ2n) is 8.55. The van der Waals surface area contributed by atoms with Crippen LogP contribution in [0.25, 0.3) is 6.08 Å². The van der Waals surface area contributed by atoms with Crippen molar-refractivity contribution in [1.82, 2.24) is 15.2 Å².